The van der Waals surface area contributed by atoms with E-state index in [-0.39, 0.29) is 18.4 Å². The number of benzene rings is 2. The number of aryl methyl sites for hydroxylation is 2. The van der Waals surface area contributed by atoms with E-state index in [0.29, 0.717) is 5.56 Å². The fourth-order valence-electron chi connectivity index (χ4n) is 2.38. The summed E-state index contributed by atoms with van der Waals surface area (Å²) >= 11 is 0. The second-order valence-corrected chi connectivity index (χ2v) is 5.06. The monoisotopic (exact) mass is 300 g/mol. The maximum Gasteiger partial charge on any atom is 0.319 e. The first-order valence-electron chi connectivity index (χ1n) is 7.54. The van der Waals surface area contributed by atoms with Crippen molar-refractivity contribution < 1.29 is 9.18 Å². The molecule has 0 fully saturated rings. The van der Waals surface area contributed by atoms with Gasteiger partial charge in [0.2, 0.25) is 0 Å². The predicted molar refractivity (Wildman–Crippen MR) is 87.5 cm³/mol. The molecule has 2 aromatic rings. The average molecular weight is 300 g/mol. The van der Waals surface area contributed by atoms with Crippen LogP contribution < -0.4 is 10.6 Å². The van der Waals surface area contributed by atoms with E-state index in [1.165, 1.54) is 6.07 Å². The van der Waals surface area contributed by atoms with Gasteiger partial charge in [0.05, 0.1) is 0 Å². The fourth-order valence-corrected chi connectivity index (χ4v) is 2.38. The molecule has 0 aliphatic heterocycles. The minimum Gasteiger partial charge on any atom is -0.334 e. The summed E-state index contributed by atoms with van der Waals surface area (Å²) in [5.41, 5.74) is 3.52. The van der Waals surface area contributed by atoms with Crippen LogP contribution in [0.2, 0.25) is 0 Å². The van der Waals surface area contributed by atoms with Crippen LogP contribution in [0.5, 0.6) is 0 Å². The summed E-state index contributed by atoms with van der Waals surface area (Å²) in [6.07, 6.45) is 1.69. The van der Waals surface area contributed by atoms with Crippen LogP contribution in [0, 0.1) is 5.82 Å². The molecule has 0 unspecified atom stereocenters. The normalized spacial score (nSPS) is 10.3. The number of halogens is 1. The van der Waals surface area contributed by atoms with Gasteiger partial charge in [0.1, 0.15) is 5.82 Å². The van der Waals surface area contributed by atoms with Crippen LogP contribution in [0.3, 0.4) is 0 Å². The zero-order valence-electron chi connectivity index (χ0n) is 12.9. The Bertz CT molecular complexity index is 633. The van der Waals surface area contributed by atoms with Crippen LogP contribution >= 0.6 is 0 Å². The van der Waals surface area contributed by atoms with Gasteiger partial charge in [-0.25, -0.2) is 9.18 Å². The van der Waals surface area contributed by atoms with Crippen molar-refractivity contribution in [1.29, 1.82) is 0 Å². The highest BCUT2D eigenvalue weighted by atomic mass is 19.1. The highest BCUT2D eigenvalue weighted by Crippen LogP contribution is 2.22. The molecule has 0 spiro atoms. The van der Waals surface area contributed by atoms with Crippen molar-refractivity contribution in [3.63, 3.8) is 0 Å². The SMILES string of the molecule is CCc1cccc(CC)c1NC(=O)NCc1ccccc1F. The van der Waals surface area contributed by atoms with E-state index in [1.807, 2.05) is 18.2 Å². The highest BCUT2D eigenvalue weighted by molar-refractivity contribution is 5.91. The quantitative estimate of drug-likeness (QED) is 0.850. The molecule has 0 heterocycles. The van der Waals surface area contributed by atoms with Crippen LogP contribution in [-0.2, 0) is 19.4 Å². The van der Waals surface area contributed by atoms with Crippen molar-refractivity contribution >= 4 is 11.7 Å². The summed E-state index contributed by atoms with van der Waals surface area (Å²) in [6, 6.07) is 12.1. The number of urea groups is 1. The van der Waals surface area contributed by atoms with Gasteiger partial charge in [0, 0.05) is 17.8 Å². The molecule has 2 amide bonds. The molecule has 0 atom stereocenters. The molecule has 2 rings (SSSR count). The van der Waals surface area contributed by atoms with E-state index < -0.39 is 0 Å². The Morgan fingerprint density at radius 2 is 1.55 bits per heavy atom. The lowest BCUT2D eigenvalue weighted by molar-refractivity contribution is 0.251. The second-order valence-electron chi connectivity index (χ2n) is 5.06. The third-order valence-electron chi connectivity index (χ3n) is 3.63. The standard InChI is InChI=1S/C18H21FN2O/c1-3-13-9-7-10-14(4-2)17(13)21-18(22)20-12-15-8-5-6-11-16(15)19/h5-11H,3-4,12H2,1-2H3,(H2,20,21,22). The van der Waals surface area contributed by atoms with Crippen LogP contribution in [0.25, 0.3) is 0 Å². The molecule has 2 N–H and O–H groups in total. The Morgan fingerprint density at radius 1 is 0.955 bits per heavy atom. The number of nitrogens with one attached hydrogen (secondary N) is 2. The molecule has 0 bridgehead atoms. The van der Waals surface area contributed by atoms with Gasteiger partial charge in [0.25, 0.3) is 0 Å². The zero-order valence-corrected chi connectivity index (χ0v) is 12.9. The molecule has 3 nitrogen and oxygen atoms in total. The number of hydrogen-bond acceptors (Lipinski definition) is 1. The first-order chi connectivity index (χ1) is 10.7. The predicted octanol–water partition coefficient (Wildman–Crippen LogP) is 4.27. The number of carbonyl (C=O) groups is 1. The molecule has 22 heavy (non-hydrogen) atoms. The van der Waals surface area contributed by atoms with Crippen molar-refractivity contribution in [2.24, 2.45) is 0 Å². The minimum atomic E-state index is -0.321. The van der Waals surface area contributed by atoms with Gasteiger partial charge in [0.15, 0.2) is 0 Å². The van der Waals surface area contributed by atoms with Crippen LogP contribution in [0.4, 0.5) is 14.9 Å². The number of carbonyl (C=O) groups excluding carboxylic acids is 1. The van der Waals surface area contributed by atoms with Crippen LogP contribution in [-0.4, -0.2) is 6.03 Å². The molecule has 2 aromatic carbocycles. The van der Waals surface area contributed by atoms with Crippen molar-refractivity contribution in [3.8, 4) is 0 Å². The molecule has 116 valence electrons. The summed E-state index contributed by atoms with van der Waals surface area (Å²) in [6.45, 7) is 4.27. The van der Waals surface area contributed by atoms with E-state index in [2.05, 4.69) is 24.5 Å². The molecular weight excluding hydrogens is 279 g/mol. The average Bonchev–Trinajstić information content (AvgIpc) is 2.54. The summed E-state index contributed by atoms with van der Waals surface area (Å²) in [7, 11) is 0. The van der Waals surface area contributed by atoms with Gasteiger partial charge in [-0.3, -0.25) is 0 Å². The summed E-state index contributed by atoms with van der Waals surface area (Å²) in [5, 5.41) is 5.60. The number of anilines is 1. The third-order valence-corrected chi connectivity index (χ3v) is 3.63. The molecular formula is C18H21FN2O. The number of rotatable bonds is 5. The van der Waals surface area contributed by atoms with Crippen LogP contribution in [0.1, 0.15) is 30.5 Å². The molecule has 0 aliphatic rings. The van der Waals surface area contributed by atoms with E-state index >= 15 is 0 Å². The number of amides is 2. The lowest BCUT2D eigenvalue weighted by Gasteiger charge is -2.15. The van der Waals surface area contributed by atoms with Gasteiger partial charge in [-0.15, -0.1) is 0 Å². The van der Waals surface area contributed by atoms with Crippen molar-refractivity contribution in [2.45, 2.75) is 33.2 Å². The molecule has 0 saturated heterocycles. The largest absolute Gasteiger partial charge is 0.334 e. The molecule has 4 heteroatoms. The summed E-state index contributed by atoms with van der Waals surface area (Å²) in [4.78, 5) is 12.1. The Hall–Kier alpha value is -2.36. The summed E-state index contributed by atoms with van der Waals surface area (Å²) < 4.78 is 13.5. The zero-order chi connectivity index (χ0) is 15.9. The number of para-hydroxylation sites is 1. The highest BCUT2D eigenvalue weighted by Gasteiger charge is 2.10. The fraction of sp³-hybridized carbons (Fsp3) is 0.278. The number of hydrogen-bond donors (Lipinski definition) is 2. The van der Waals surface area contributed by atoms with Gasteiger partial charge in [-0.2, -0.15) is 0 Å². The van der Waals surface area contributed by atoms with Gasteiger partial charge in [-0.1, -0.05) is 50.2 Å². The molecule has 0 aliphatic carbocycles. The van der Waals surface area contributed by atoms with Gasteiger partial charge < -0.3 is 10.6 Å². The lowest BCUT2D eigenvalue weighted by atomic mass is 10.0. The molecule has 0 aromatic heterocycles. The van der Waals surface area contributed by atoms with E-state index in [9.17, 15) is 9.18 Å². The lowest BCUT2D eigenvalue weighted by Crippen LogP contribution is -2.29. The van der Waals surface area contributed by atoms with Crippen molar-refractivity contribution in [2.75, 3.05) is 5.32 Å². The Kier molecular flexibility index (Phi) is 5.53. The van der Waals surface area contributed by atoms with E-state index in [0.717, 1.165) is 29.7 Å². The van der Waals surface area contributed by atoms with E-state index in [1.54, 1.807) is 18.2 Å². The van der Waals surface area contributed by atoms with Gasteiger partial charge in [-0.05, 0) is 30.0 Å². The van der Waals surface area contributed by atoms with Crippen molar-refractivity contribution in [3.05, 3.63) is 65.0 Å². The maximum absolute atomic E-state index is 13.5. The minimum absolute atomic E-state index is 0.161. The van der Waals surface area contributed by atoms with E-state index in [4.69, 9.17) is 0 Å². The first-order valence-corrected chi connectivity index (χ1v) is 7.54. The van der Waals surface area contributed by atoms with Crippen molar-refractivity contribution in [1.82, 2.24) is 5.32 Å². The topological polar surface area (TPSA) is 41.1 Å². The Labute approximate surface area is 130 Å². The van der Waals surface area contributed by atoms with Crippen LogP contribution in [0.15, 0.2) is 42.5 Å². The first kappa shape index (κ1) is 16.0. The second kappa shape index (κ2) is 7.59. The maximum atomic E-state index is 13.5. The molecule has 0 radical (unpaired) electrons. The molecule has 0 saturated carbocycles. The smallest absolute Gasteiger partial charge is 0.319 e. The Morgan fingerprint density at radius 3 is 2.14 bits per heavy atom. The Balaban J connectivity index is 2.05. The summed E-state index contributed by atoms with van der Waals surface area (Å²) in [5.74, 6) is -0.314. The third kappa shape index (κ3) is 3.85. The van der Waals surface area contributed by atoms with Gasteiger partial charge >= 0.3 is 6.03 Å².